The van der Waals surface area contributed by atoms with Crippen molar-refractivity contribution in [3.05, 3.63) is 233 Å². The number of hydrogen-bond donors (Lipinski definition) is 0. The number of anilines is 3. The van der Waals surface area contributed by atoms with Gasteiger partial charge in [-0.3, -0.25) is 0 Å². The molecular weight excluding hydrogens is 627 g/mol. The normalized spacial score (nSPS) is 17.0. The van der Waals surface area contributed by atoms with Crippen molar-refractivity contribution in [2.24, 2.45) is 0 Å². The molecule has 3 aliphatic rings. The van der Waals surface area contributed by atoms with Crippen LogP contribution in [-0.4, -0.2) is 0 Å². The van der Waals surface area contributed by atoms with Gasteiger partial charge < -0.3 is 4.90 Å². The van der Waals surface area contributed by atoms with Gasteiger partial charge in [-0.25, -0.2) is 0 Å². The second kappa shape index (κ2) is 11.3. The van der Waals surface area contributed by atoms with Crippen LogP contribution in [0.1, 0.15) is 44.9 Å². The van der Waals surface area contributed by atoms with E-state index in [1.54, 1.807) is 0 Å². The van der Waals surface area contributed by atoms with Crippen molar-refractivity contribution in [2.45, 2.75) is 17.8 Å². The fraction of sp³-hybridized carbons (Fsp3) is 0.0588. The molecular formula is C51H35N. The summed E-state index contributed by atoms with van der Waals surface area (Å²) in [5, 5.41) is 0. The Bertz CT molecular complexity index is 2620. The third-order valence-electron chi connectivity index (χ3n) is 11.8. The van der Waals surface area contributed by atoms with E-state index in [0.29, 0.717) is 0 Å². The molecule has 0 aromatic heterocycles. The summed E-state index contributed by atoms with van der Waals surface area (Å²) < 4.78 is 0. The summed E-state index contributed by atoms with van der Waals surface area (Å²) in [6.45, 7) is 0. The zero-order chi connectivity index (χ0) is 34.2. The maximum atomic E-state index is 2.56. The van der Waals surface area contributed by atoms with Crippen LogP contribution in [0.15, 0.2) is 194 Å². The van der Waals surface area contributed by atoms with Gasteiger partial charge in [-0.2, -0.15) is 0 Å². The molecule has 8 aromatic rings. The molecule has 2 unspecified atom stereocenters. The molecule has 2 atom stereocenters. The Kier molecular flexibility index (Phi) is 6.36. The van der Waals surface area contributed by atoms with Crippen LogP contribution in [0.25, 0.3) is 33.4 Å². The fourth-order valence-electron chi connectivity index (χ4n) is 9.65. The zero-order valence-electron chi connectivity index (χ0n) is 28.7. The smallest absolute Gasteiger partial charge is 0.0726 e. The van der Waals surface area contributed by atoms with E-state index in [-0.39, 0.29) is 5.92 Å². The minimum absolute atomic E-state index is 0.224. The third kappa shape index (κ3) is 4.11. The second-order valence-electron chi connectivity index (χ2n) is 14.4. The molecule has 52 heavy (non-hydrogen) atoms. The Hall–Kier alpha value is -6.44. The van der Waals surface area contributed by atoms with Crippen LogP contribution in [0.4, 0.5) is 17.1 Å². The minimum Gasteiger partial charge on any atom is -0.310 e. The standard InChI is InChI=1S/C51H35N/c1-4-14-35(15-5-1)46-30-34-24-27-43-45-29-26-39(52(37-16-6-2-7-17-37)38-18-8-3-9-19-38)33-50(45)51(48(43)31-34)47-23-13-12-22-42(47)44-28-25-36(32-49(44)51)40-20-10-11-21-41(40)46/h1-29,31-33,46H,30H2. The number of rotatable bonds is 4. The van der Waals surface area contributed by atoms with E-state index >= 15 is 0 Å². The lowest BCUT2D eigenvalue weighted by Crippen LogP contribution is -2.26. The van der Waals surface area contributed by atoms with E-state index in [4.69, 9.17) is 0 Å². The highest BCUT2D eigenvalue weighted by atomic mass is 15.1. The van der Waals surface area contributed by atoms with Crippen LogP contribution in [0.5, 0.6) is 0 Å². The second-order valence-corrected chi connectivity index (χ2v) is 14.4. The molecule has 11 rings (SSSR count). The van der Waals surface area contributed by atoms with E-state index in [1.807, 2.05) is 0 Å². The Morgan fingerprint density at radius 2 is 0.923 bits per heavy atom. The van der Waals surface area contributed by atoms with Gasteiger partial charge in [0.15, 0.2) is 0 Å². The van der Waals surface area contributed by atoms with Crippen LogP contribution in [-0.2, 0) is 11.8 Å². The molecule has 1 spiro atoms. The lowest BCUT2D eigenvalue weighted by molar-refractivity contribution is 0.781. The van der Waals surface area contributed by atoms with Gasteiger partial charge in [-0.05, 0) is 121 Å². The molecule has 0 amide bonds. The average Bonchev–Trinajstić information content (AvgIpc) is 3.67. The zero-order valence-corrected chi connectivity index (χ0v) is 28.7. The largest absolute Gasteiger partial charge is 0.310 e. The van der Waals surface area contributed by atoms with Crippen molar-refractivity contribution < 1.29 is 0 Å². The van der Waals surface area contributed by atoms with E-state index in [0.717, 1.165) is 23.5 Å². The van der Waals surface area contributed by atoms with Gasteiger partial charge in [0.25, 0.3) is 0 Å². The van der Waals surface area contributed by atoms with Crippen LogP contribution in [0.3, 0.4) is 0 Å². The van der Waals surface area contributed by atoms with E-state index in [1.165, 1.54) is 72.3 Å². The number of nitrogens with zero attached hydrogens (tertiary/aromatic N) is 1. The van der Waals surface area contributed by atoms with Crippen LogP contribution in [0, 0.1) is 0 Å². The first-order valence-corrected chi connectivity index (χ1v) is 18.4. The van der Waals surface area contributed by atoms with Crippen molar-refractivity contribution in [2.75, 3.05) is 4.90 Å². The first kappa shape index (κ1) is 29.3. The molecule has 0 fully saturated rings. The molecule has 1 nitrogen and oxygen atoms in total. The summed E-state index contributed by atoms with van der Waals surface area (Å²) in [5.41, 5.74) is 20.5. The summed E-state index contributed by atoms with van der Waals surface area (Å²) in [6, 6.07) is 72.7. The average molecular weight is 662 g/mol. The molecule has 244 valence electrons. The quantitative estimate of drug-likeness (QED) is 0.181. The van der Waals surface area contributed by atoms with Crippen LogP contribution < -0.4 is 4.90 Å². The summed E-state index contributed by atoms with van der Waals surface area (Å²) >= 11 is 0. The van der Waals surface area contributed by atoms with E-state index < -0.39 is 5.41 Å². The fourth-order valence-corrected chi connectivity index (χ4v) is 9.65. The molecule has 0 saturated heterocycles. The molecule has 0 radical (unpaired) electrons. The van der Waals surface area contributed by atoms with Crippen molar-refractivity contribution >= 4 is 17.1 Å². The number of benzene rings is 8. The highest BCUT2D eigenvalue weighted by molar-refractivity contribution is 5.97. The van der Waals surface area contributed by atoms with Crippen molar-refractivity contribution in [3.8, 4) is 33.4 Å². The lowest BCUT2D eigenvalue weighted by atomic mass is 9.70. The molecule has 0 aliphatic heterocycles. The number of para-hydroxylation sites is 2. The van der Waals surface area contributed by atoms with E-state index in [9.17, 15) is 0 Å². The molecule has 8 aromatic carbocycles. The topological polar surface area (TPSA) is 3.24 Å². The van der Waals surface area contributed by atoms with Gasteiger partial charge in [0.05, 0.1) is 5.41 Å². The SMILES string of the molecule is c1ccc(C2Cc3ccc4c(c3)C3(c5ccccc5-c5ccc(cc53)-c3ccccc32)c2cc(N(c3ccccc3)c3ccccc3)ccc2-4)cc1. The van der Waals surface area contributed by atoms with Crippen LogP contribution in [0.2, 0.25) is 0 Å². The Morgan fingerprint density at radius 1 is 0.385 bits per heavy atom. The summed E-state index contributed by atoms with van der Waals surface area (Å²) in [5.74, 6) is 0.224. The Labute approximate surface area is 305 Å². The Morgan fingerprint density at radius 3 is 1.65 bits per heavy atom. The maximum Gasteiger partial charge on any atom is 0.0726 e. The monoisotopic (exact) mass is 661 g/mol. The van der Waals surface area contributed by atoms with Gasteiger partial charge in [0.2, 0.25) is 0 Å². The van der Waals surface area contributed by atoms with Gasteiger partial charge in [-0.15, -0.1) is 0 Å². The van der Waals surface area contributed by atoms with Gasteiger partial charge in [-0.1, -0.05) is 152 Å². The minimum atomic E-state index is -0.459. The van der Waals surface area contributed by atoms with Crippen molar-refractivity contribution in [1.29, 1.82) is 0 Å². The maximum absolute atomic E-state index is 2.56. The molecule has 3 aliphatic carbocycles. The molecule has 4 bridgehead atoms. The first-order chi connectivity index (χ1) is 25.8. The van der Waals surface area contributed by atoms with Gasteiger partial charge >= 0.3 is 0 Å². The Balaban J connectivity index is 1.23. The first-order valence-electron chi connectivity index (χ1n) is 18.4. The summed E-state index contributed by atoms with van der Waals surface area (Å²) in [6.07, 6.45) is 0.923. The number of hydrogen-bond acceptors (Lipinski definition) is 1. The molecule has 0 saturated carbocycles. The molecule has 1 heteroatoms. The lowest BCUT2D eigenvalue weighted by Gasteiger charge is -2.32. The van der Waals surface area contributed by atoms with Gasteiger partial charge in [0.1, 0.15) is 0 Å². The summed E-state index contributed by atoms with van der Waals surface area (Å²) in [7, 11) is 0. The van der Waals surface area contributed by atoms with Crippen molar-refractivity contribution in [3.63, 3.8) is 0 Å². The van der Waals surface area contributed by atoms with Crippen LogP contribution >= 0.6 is 0 Å². The predicted molar refractivity (Wildman–Crippen MR) is 215 cm³/mol. The highest BCUT2D eigenvalue weighted by Crippen LogP contribution is 2.64. The highest BCUT2D eigenvalue weighted by Gasteiger charge is 2.52. The van der Waals surface area contributed by atoms with E-state index in [2.05, 4.69) is 199 Å². The molecule has 0 heterocycles. The number of fused-ring (bicyclic) bond motifs is 8. The van der Waals surface area contributed by atoms with Gasteiger partial charge in [0, 0.05) is 23.0 Å². The van der Waals surface area contributed by atoms with Crippen molar-refractivity contribution in [1.82, 2.24) is 0 Å². The molecule has 0 N–H and O–H groups in total. The summed E-state index contributed by atoms with van der Waals surface area (Å²) in [4.78, 5) is 2.40. The third-order valence-corrected chi connectivity index (χ3v) is 11.8. The predicted octanol–water partition coefficient (Wildman–Crippen LogP) is 12.9.